The third kappa shape index (κ3) is 2.88. The fourth-order valence-corrected chi connectivity index (χ4v) is 1.31. The molecule has 0 heterocycles. The second-order valence-corrected chi connectivity index (χ2v) is 3.49. The van der Waals surface area contributed by atoms with E-state index in [1.165, 1.54) is 0 Å². The average molecular weight is 299 g/mol. The van der Waals surface area contributed by atoms with E-state index in [9.17, 15) is 18.0 Å². The lowest BCUT2D eigenvalue weighted by Crippen LogP contribution is -2.09. The lowest BCUT2D eigenvalue weighted by atomic mass is 10.2. The molecule has 7 heteroatoms. The first kappa shape index (κ1) is 12.8. The van der Waals surface area contributed by atoms with Crippen molar-refractivity contribution in [3.8, 4) is 5.75 Å². The van der Waals surface area contributed by atoms with Crippen molar-refractivity contribution in [2.24, 2.45) is 0 Å². The summed E-state index contributed by atoms with van der Waals surface area (Å²) in [5.41, 5.74) is -0.400. The van der Waals surface area contributed by atoms with Gasteiger partial charge in [0.15, 0.2) is 0 Å². The summed E-state index contributed by atoms with van der Waals surface area (Å²) < 4.78 is 45.4. The van der Waals surface area contributed by atoms with Crippen LogP contribution in [0.25, 0.3) is 0 Å². The predicted octanol–water partition coefficient (Wildman–Crippen LogP) is 2.98. The van der Waals surface area contributed by atoms with Crippen molar-refractivity contribution in [1.29, 1.82) is 0 Å². The number of alkyl halides is 2. The molecule has 1 rings (SSSR count). The molecule has 0 amide bonds. The Hall–Kier alpha value is -1.24. The quantitative estimate of drug-likeness (QED) is 0.805. The van der Waals surface area contributed by atoms with Gasteiger partial charge in [0, 0.05) is 0 Å². The van der Waals surface area contributed by atoms with Crippen molar-refractivity contribution < 1.29 is 27.4 Å². The molecule has 1 aromatic carbocycles. The summed E-state index contributed by atoms with van der Waals surface area (Å²) in [7, 11) is 1.05. The van der Waals surface area contributed by atoms with E-state index in [0.29, 0.717) is 0 Å². The van der Waals surface area contributed by atoms with Gasteiger partial charge < -0.3 is 9.47 Å². The van der Waals surface area contributed by atoms with Crippen LogP contribution in [0.15, 0.2) is 16.6 Å². The van der Waals surface area contributed by atoms with Crippen LogP contribution in [0.2, 0.25) is 0 Å². The van der Waals surface area contributed by atoms with E-state index in [-0.39, 0.29) is 4.47 Å². The maximum atomic E-state index is 13.1. The number of hydrogen-bond acceptors (Lipinski definition) is 3. The van der Waals surface area contributed by atoms with E-state index in [2.05, 4.69) is 25.4 Å². The Bertz CT molecular complexity index is 409. The first-order chi connectivity index (χ1) is 7.45. The van der Waals surface area contributed by atoms with Crippen LogP contribution in [-0.4, -0.2) is 19.7 Å². The van der Waals surface area contributed by atoms with Crippen molar-refractivity contribution in [3.63, 3.8) is 0 Å². The summed E-state index contributed by atoms with van der Waals surface area (Å²) >= 11 is 2.79. The summed E-state index contributed by atoms with van der Waals surface area (Å²) in [6, 6.07) is 1.70. The van der Waals surface area contributed by atoms with Crippen molar-refractivity contribution in [1.82, 2.24) is 0 Å². The van der Waals surface area contributed by atoms with Crippen LogP contribution in [0.5, 0.6) is 5.75 Å². The Balaban J connectivity index is 3.21. The maximum Gasteiger partial charge on any atom is 0.387 e. The normalized spacial score (nSPS) is 10.4. The van der Waals surface area contributed by atoms with Crippen molar-refractivity contribution in [2.45, 2.75) is 6.61 Å². The molecule has 0 spiro atoms. The van der Waals surface area contributed by atoms with Crippen LogP contribution >= 0.6 is 15.9 Å². The number of rotatable bonds is 3. The van der Waals surface area contributed by atoms with Crippen LogP contribution in [0.3, 0.4) is 0 Å². The van der Waals surface area contributed by atoms with Crippen LogP contribution < -0.4 is 4.74 Å². The zero-order valence-corrected chi connectivity index (χ0v) is 9.55. The van der Waals surface area contributed by atoms with E-state index in [4.69, 9.17) is 0 Å². The number of hydrogen-bond donors (Lipinski definition) is 0. The Labute approximate surface area is 97.3 Å². The largest absolute Gasteiger partial charge is 0.465 e. The molecule has 0 radical (unpaired) electrons. The smallest absolute Gasteiger partial charge is 0.387 e. The zero-order chi connectivity index (χ0) is 12.3. The molecule has 1 aromatic rings. The highest BCUT2D eigenvalue weighted by Gasteiger charge is 2.19. The van der Waals surface area contributed by atoms with Gasteiger partial charge in [-0.3, -0.25) is 0 Å². The van der Waals surface area contributed by atoms with E-state index >= 15 is 0 Å². The highest BCUT2D eigenvalue weighted by atomic mass is 79.9. The number of halogens is 4. The van der Waals surface area contributed by atoms with Gasteiger partial charge in [-0.1, -0.05) is 0 Å². The second kappa shape index (κ2) is 5.20. The molecule has 88 valence electrons. The van der Waals surface area contributed by atoms with Gasteiger partial charge in [0.2, 0.25) is 0 Å². The SMILES string of the molecule is COC(=O)c1cc(F)c(Br)cc1OC(F)F. The van der Waals surface area contributed by atoms with Crippen molar-refractivity contribution >= 4 is 21.9 Å². The van der Waals surface area contributed by atoms with Gasteiger partial charge in [-0.2, -0.15) is 8.78 Å². The van der Waals surface area contributed by atoms with Crippen molar-refractivity contribution in [2.75, 3.05) is 7.11 Å². The minimum atomic E-state index is -3.11. The number of ether oxygens (including phenoxy) is 2. The van der Waals surface area contributed by atoms with E-state index in [1.54, 1.807) is 0 Å². The molecule has 0 saturated carbocycles. The molecular formula is C9H6BrF3O3. The van der Waals surface area contributed by atoms with E-state index < -0.39 is 29.7 Å². The van der Waals surface area contributed by atoms with Gasteiger partial charge in [0.05, 0.1) is 11.6 Å². The summed E-state index contributed by atoms with van der Waals surface area (Å²) in [6.45, 7) is -3.11. The lowest BCUT2D eigenvalue weighted by Gasteiger charge is -2.10. The molecule has 0 unspecified atom stereocenters. The summed E-state index contributed by atoms with van der Waals surface area (Å²) in [6.07, 6.45) is 0. The van der Waals surface area contributed by atoms with E-state index in [0.717, 1.165) is 19.2 Å². The number of benzene rings is 1. The molecule has 0 bridgehead atoms. The highest BCUT2D eigenvalue weighted by molar-refractivity contribution is 9.10. The maximum absolute atomic E-state index is 13.1. The van der Waals surface area contributed by atoms with Gasteiger partial charge in [-0.25, -0.2) is 9.18 Å². The molecule has 0 atom stereocenters. The molecule has 0 aliphatic heterocycles. The predicted molar refractivity (Wildman–Crippen MR) is 52.1 cm³/mol. The fraction of sp³-hybridized carbons (Fsp3) is 0.222. The zero-order valence-electron chi connectivity index (χ0n) is 7.97. The van der Waals surface area contributed by atoms with Gasteiger partial charge >= 0.3 is 12.6 Å². The molecule has 3 nitrogen and oxygen atoms in total. The molecule has 0 aliphatic rings. The molecule has 0 N–H and O–H groups in total. The van der Waals surface area contributed by atoms with Crippen LogP contribution in [0, 0.1) is 5.82 Å². The van der Waals surface area contributed by atoms with Gasteiger partial charge in [0.25, 0.3) is 0 Å². The average Bonchev–Trinajstić information content (AvgIpc) is 2.21. The third-order valence-electron chi connectivity index (χ3n) is 1.64. The standard InChI is InChI=1S/C9H6BrF3O3/c1-15-8(14)4-2-6(11)5(10)3-7(4)16-9(12)13/h2-3,9H,1H3. The first-order valence-corrected chi connectivity index (χ1v) is 4.77. The van der Waals surface area contributed by atoms with Gasteiger partial charge in [0.1, 0.15) is 17.1 Å². The van der Waals surface area contributed by atoms with Crippen LogP contribution in [-0.2, 0) is 4.74 Å². The molecule has 0 fully saturated rings. The fourth-order valence-electron chi connectivity index (χ4n) is 0.992. The number of methoxy groups -OCH3 is 1. The highest BCUT2D eigenvalue weighted by Crippen LogP contribution is 2.28. The van der Waals surface area contributed by atoms with Gasteiger partial charge in [-0.05, 0) is 28.1 Å². The second-order valence-electron chi connectivity index (χ2n) is 2.63. The van der Waals surface area contributed by atoms with Crippen molar-refractivity contribution in [3.05, 3.63) is 28.0 Å². The monoisotopic (exact) mass is 298 g/mol. The number of esters is 1. The number of carbonyl (C=O) groups excluding carboxylic acids is 1. The van der Waals surface area contributed by atoms with Crippen LogP contribution in [0.1, 0.15) is 10.4 Å². The molecule has 0 aliphatic carbocycles. The number of carbonyl (C=O) groups is 1. The Morgan fingerprint density at radius 3 is 2.56 bits per heavy atom. The minimum absolute atomic E-state index is 0.0872. The first-order valence-electron chi connectivity index (χ1n) is 3.98. The summed E-state index contributed by atoms with van der Waals surface area (Å²) in [4.78, 5) is 11.2. The minimum Gasteiger partial charge on any atom is -0.465 e. The van der Waals surface area contributed by atoms with E-state index in [1.807, 2.05) is 0 Å². The third-order valence-corrected chi connectivity index (χ3v) is 2.25. The summed E-state index contributed by atoms with van der Waals surface area (Å²) in [5.74, 6) is -2.18. The van der Waals surface area contributed by atoms with Gasteiger partial charge in [-0.15, -0.1) is 0 Å². The summed E-state index contributed by atoms with van der Waals surface area (Å²) in [5, 5.41) is 0. The van der Waals surface area contributed by atoms with Crippen LogP contribution in [0.4, 0.5) is 13.2 Å². The molecule has 0 aromatic heterocycles. The lowest BCUT2D eigenvalue weighted by molar-refractivity contribution is -0.0505. The Morgan fingerprint density at radius 1 is 1.44 bits per heavy atom. The Kier molecular flexibility index (Phi) is 4.17. The Morgan fingerprint density at radius 2 is 2.06 bits per heavy atom. The molecule has 16 heavy (non-hydrogen) atoms. The molecule has 0 saturated heterocycles. The molecular weight excluding hydrogens is 293 g/mol. The topological polar surface area (TPSA) is 35.5 Å².